The number of carbonyl (C=O) groups is 1. The second kappa shape index (κ2) is 5.75. The fourth-order valence-corrected chi connectivity index (χ4v) is 1.92. The number of hydrogen-bond donors (Lipinski definition) is 2. The van der Waals surface area contributed by atoms with Crippen LogP contribution in [0.1, 0.15) is 15.9 Å². The third-order valence-corrected chi connectivity index (χ3v) is 3.22. The highest BCUT2D eigenvalue weighted by molar-refractivity contribution is 6.34. The van der Waals surface area contributed by atoms with Crippen LogP contribution in [0.25, 0.3) is 0 Å². The van der Waals surface area contributed by atoms with Gasteiger partial charge in [-0.15, -0.1) is 0 Å². The number of halogens is 1. The first kappa shape index (κ1) is 13.4. The SMILES string of the molecule is Cc1cccc(C(=O)NCCn2cc(N)cn2)c1Cl. The zero-order valence-electron chi connectivity index (χ0n) is 10.6. The third kappa shape index (κ3) is 3.26. The van der Waals surface area contributed by atoms with Gasteiger partial charge in [0.25, 0.3) is 5.91 Å². The molecule has 2 rings (SSSR count). The van der Waals surface area contributed by atoms with Crippen LogP contribution >= 0.6 is 11.6 Å². The van der Waals surface area contributed by atoms with Gasteiger partial charge < -0.3 is 11.1 Å². The molecule has 1 aromatic carbocycles. The molecular weight excluding hydrogens is 264 g/mol. The first-order chi connectivity index (χ1) is 9.08. The number of hydrogen-bond acceptors (Lipinski definition) is 3. The van der Waals surface area contributed by atoms with E-state index in [0.29, 0.717) is 29.4 Å². The number of amides is 1. The maximum absolute atomic E-state index is 12.0. The van der Waals surface area contributed by atoms with Gasteiger partial charge in [0.2, 0.25) is 0 Å². The fraction of sp³-hybridized carbons (Fsp3) is 0.231. The van der Waals surface area contributed by atoms with E-state index in [9.17, 15) is 4.79 Å². The monoisotopic (exact) mass is 278 g/mol. The van der Waals surface area contributed by atoms with Gasteiger partial charge in [-0.2, -0.15) is 5.10 Å². The molecule has 5 nitrogen and oxygen atoms in total. The number of nitrogens with zero attached hydrogens (tertiary/aromatic N) is 2. The molecule has 0 saturated heterocycles. The molecule has 19 heavy (non-hydrogen) atoms. The number of nitrogens with two attached hydrogens (primary N) is 1. The van der Waals surface area contributed by atoms with E-state index >= 15 is 0 Å². The Morgan fingerprint density at radius 1 is 1.53 bits per heavy atom. The van der Waals surface area contributed by atoms with Crippen molar-refractivity contribution in [1.82, 2.24) is 15.1 Å². The van der Waals surface area contributed by atoms with Gasteiger partial charge in [0.15, 0.2) is 0 Å². The molecule has 0 aliphatic carbocycles. The van der Waals surface area contributed by atoms with E-state index in [-0.39, 0.29) is 5.91 Å². The molecule has 0 unspecified atom stereocenters. The van der Waals surface area contributed by atoms with Crippen LogP contribution in [-0.4, -0.2) is 22.2 Å². The summed E-state index contributed by atoms with van der Waals surface area (Å²) in [6.45, 7) is 2.89. The standard InChI is InChI=1S/C13H15ClN4O/c1-9-3-2-4-11(12(9)14)13(19)16-5-6-18-8-10(15)7-17-18/h2-4,7-8H,5-6,15H2,1H3,(H,16,19). The molecule has 0 fully saturated rings. The summed E-state index contributed by atoms with van der Waals surface area (Å²) in [6, 6.07) is 5.38. The van der Waals surface area contributed by atoms with Crippen molar-refractivity contribution in [2.24, 2.45) is 0 Å². The number of benzene rings is 1. The molecule has 0 saturated carbocycles. The van der Waals surface area contributed by atoms with Crippen LogP contribution in [0, 0.1) is 6.92 Å². The van der Waals surface area contributed by atoms with Gasteiger partial charge >= 0.3 is 0 Å². The van der Waals surface area contributed by atoms with E-state index in [4.69, 9.17) is 17.3 Å². The molecule has 0 radical (unpaired) electrons. The molecule has 3 N–H and O–H groups in total. The van der Waals surface area contributed by atoms with E-state index in [1.54, 1.807) is 23.1 Å². The summed E-state index contributed by atoms with van der Waals surface area (Å²) in [5.41, 5.74) is 7.53. The molecule has 0 aliphatic rings. The van der Waals surface area contributed by atoms with Crippen molar-refractivity contribution >= 4 is 23.2 Å². The lowest BCUT2D eigenvalue weighted by Gasteiger charge is -2.08. The minimum atomic E-state index is -0.186. The molecule has 2 aromatic rings. The second-order valence-electron chi connectivity index (χ2n) is 4.23. The number of anilines is 1. The van der Waals surface area contributed by atoms with Gasteiger partial charge in [-0.1, -0.05) is 23.7 Å². The number of aromatic nitrogens is 2. The first-order valence-electron chi connectivity index (χ1n) is 5.89. The smallest absolute Gasteiger partial charge is 0.252 e. The largest absolute Gasteiger partial charge is 0.396 e. The van der Waals surface area contributed by atoms with E-state index < -0.39 is 0 Å². The maximum Gasteiger partial charge on any atom is 0.252 e. The van der Waals surface area contributed by atoms with Crippen molar-refractivity contribution in [1.29, 1.82) is 0 Å². The number of carbonyl (C=O) groups excluding carboxylic acids is 1. The van der Waals surface area contributed by atoms with Gasteiger partial charge in [-0.05, 0) is 18.6 Å². The van der Waals surface area contributed by atoms with E-state index in [2.05, 4.69) is 10.4 Å². The van der Waals surface area contributed by atoms with Gasteiger partial charge in [0, 0.05) is 12.7 Å². The molecule has 0 atom stereocenters. The van der Waals surface area contributed by atoms with Gasteiger partial charge in [-0.3, -0.25) is 9.48 Å². The normalized spacial score (nSPS) is 10.4. The van der Waals surface area contributed by atoms with Crippen LogP contribution in [0.5, 0.6) is 0 Å². The molecule has 100 valence electrons. The van der Waals surface area contributed by atoms with E-state index in [0.717, 1.165) is 5.56 Å². The minimum Gasteiger partial charge on any atom is -0.396 e. The summed E-state index contributed by atoms with van der Waals surface area (Å²) in [7, 11) is 0. The molecule has 1 amide bonds. The van der Waals surface area contributed by atoms with Crippen LogP contribution in [0.3, 0.4) is 0 Å². The van der Waals surface area contributed by atoms with Gasteiger partial charge in [-0.25, -0.2) is 0 Å². The summed E-state index contributed by atoms with van der Waals surface area (Å²) >= 11 is 6.09. The lowest BCUT2D eigenvalue weighted by Crippen LogP contribution is -2.27. The number of aryl methyl sites for hydroxylation is 1. The molecule has 1 heterocycles. The van der Waals surface area contributed by atoms with E-state index in [1.807, 2.05) is 19.1 Å². The van der Waals surface area contributed by atoms with Gasteiger partial charge in [0.05, 0.1) is 29.0 Å². The van der Waals surface area contributed by atoms with Crippen molar-refractivity contribution in [2.75, 3.05) is 12.3 Å². The number of nitrogens with one attached hydrogen (secondary N) is 1. The average Bonchev–Trinajstić information content (AvgIpc) is 2.78. The summed E-state index contributed by atoms with van der Waals surface area (Å²) in [4.78, 5) is 12.0. The van der Waals surface area contributed by atoms with Crippen LogP contribution in [0.4, 0.5) is 5.69 Å². The van der Waals surface area contributed by atoms with E-state index in [1.165, 1.54) is 0 Å². The van der Waals surface area contributed by atoms with Crippen molar-refractivity contribution in [3.8, 4) is 0 Å². The Labute approximate surface area is 116 Å². The first-order valence-corrected chi connectivity index (χ1v) is 6.27. The van der Waals surface area contributed by atoms with Crippen molar-refractivity contribution in [2.45, 2.75) is 13.5 Å². The molecule has 6 heteroatoms. The number of rotatable bonds is 4. The summed E-state index contributed by atoms with van der Waals surface area (Å²) < 4.78 is 1.67. The predicted octanol–water partition coefficient (Wildman–Crippen LogP) is 1.86. The quantitative estimate of drug-likeness (QED) is 0.896. The summed E-state index contributed by atoms with van der Waals surface area (Å²) in [6.07, 6.45) is 3.28. The van der Waals surface area contributed by atoms with Gasteiger partial charge in [0.1, 0.15) is 0 Å². The van der Waals surface area contributed by atoms with Crippen LogP contribution < -0.4 is 11.1 Å². The highest BCUT2D eigenvalue weighted by Crippen LogP contribution is 2.19. The Morgan fingerprint density at radius 3 is 3.00 bits per heavy atom. The zero-order chi connectivity index (χ0) is 13.8. The third-order valence-electron chi connectivity index (χ3n) is 2.72. The molecule has 1 aromatic heterocycles. The Hall–Kier alpha value is -2.01. The molecule has 0 aliphatic heterocycles. The van der Waals surface area contributed by atoms with Crippen molar-refractivity contribution in [3.05, 3.63) is 46.7 Å². The second-order valence-corrected chi connectivity index (χ2v) is 4.61. The predicted molar refractivity (Wildman–Crippen MR) is 75.2 cm³/mol. The minimum absolute atomic E-state index is 0.186. The van der Waals surface area contributed by atoms with Crippen molar-refractivity contribution in [3.63, 3.8) is 0 Å². The topological polar surface area (TPSA) is 72.9 Å². The van der Waals surface area contributed by atoms with Crippen LogP contribution in [0.2, 0.25) is 5.02 Å². The summed E-state index contributed by atoms with van der Waals surface area (Å²) in [5.74, 6) is -0.186. The van der Waals surface area contributed by atoms with Crippen LogP contribution in [0.15, 0.2) is 30.6 Å². The molecule has 0 bridgehead atoms. The highest BCUT2D eigenvalue weighted by atomic mass is 35.5. The van der Waals surface area contributed by atoms with Crippen LogP contribution in [-0.2, 0) is 6.54 Å². The Balaban J connectivity index is 1.93. The van der Waals surface area contributed by atoms with Crippen molar-refractivity contribution < 1.29 is 4.79 Å². The zero-order valence-corrected chi connectivity index (χ0v) is 11.3. The fourth-order valence-electron chi connectivity index (χ4n) is 1.70. The lowest BCUT2D eigenvalue weighted by atomic mass is 10.1. The summed E-state index contributed by atoms with van der Waals surface area (Å²) in [5, 5.41) is 7.32. The molecule has 0 spiro atoms. The maximum atomic E-state index is 12.0. The highest BCUT2D eigenvalue weighted by Gasteiger charge is 2.10. The Morgan fingerprint density at radius 2 is 2.32 bits per heavy atom. The lowest BCUT2D eigenvalue weighted by molar-refractivity contribution is 0.0952. The average molecular weight is 279 g/mol. The Bertz CT molecular complexity index is 594. The Kier molecular flexibility index (Phi) is 4.06. The molecular formula is C13H15ClN4O. The number of nitrogen functional groups attached to an aromatic ring is 1.